The number of ether oxygens (including phenoxy) is 1. The maximum absolute atomic E-state index is 11.6. The Morgan fingerprint density at radius 2 is 2.33 bits per heavy atom. The minimum atomic E-state index is -0.912. The minimum Gasteiger partial charge on any atom is -0.481 e. The van der Waals surface area contributed by atoms with Crippen LogP contribution < -0.4 is 5.32 Å². The van der Waals surface area contributed by atoms with Crippen LogP contribution in [-0.4, -0.2) is 54.4 Å². The van der Waals surface area contributed by atoms with Crippen LogP contribution in [0.25, 0.3) is 0 Å². The van der Waals surface area contributed by atoms with E-state index in [1.807, 2.05) is 6.92 Å². The van der Waals surface area contributed by atoms with Gasteiger partial charge in [-0.15, -0.1) is 0 Å². The molecule has 1 aliphatic rings. The van der Waals surface area contributed by atoms with E-state index < -0.39 is 5.97 Å². The van der Waals surface area contributed by atoms with Crippen LogP contribution in [0.15, 0.2) is 0 Å². The lowest BCUT2D eigenvalue weighted by molar-refractivity contribution is -0.136. The first-order valence-electron chi connectivity index (χ1n) is 4.95. The molecular formula is C9H16N2O4. The first kappa shape index (κ1) is 11.8. The number of carboxylic acids is 1. The summed E-state index contributed by atoms with van der Waals surface area (Å²) in [5, 5.41) is 11.0. The molecule has 1 rings (SSSR count). The standard InChI is InChI=1S/C9H16N2O4/c1-7-6-15-5-4-11(7)9(14)10-3-2-8(12)13/h7H,2-6H2,1H3,(H,10,14)(H,12,13). The van der Waals surface area contributed by atoms with Gasteiger partial charge in [-0.05, 0) is 6.92 Å². The van der Waals surface area contributed by atoms with Crippen LogP contribution in [0.5, 0.6) is 0 Å². The molecule has 1 atom stereocenters. The van der Waals surface area contributed by atoms with Crippen LogP contribution in [0.2, 0.25) is 0 Å². The molecule has 0 aromatic rings. The fourth-order valence-corrected chi connectivity index (χ4v) is 1.41. The van der Waals surface area contributed by atoms with Gasteiger partial charge < -0.3 is 20.1 Å². The number of amides is 2. The zero-order chi connectivity index (χ0) is 11.3. The molecular weight excluding hydrogens is 200 g/mol. The van der Waals surface area contributed by atoms with Gasteiger partial charge in [0.05, 0.1) is 25.7 Å². The summed E-state index contributed by atoms with van der Waals surface area (Å²) in [7, 11) is 0. The number of urea groups is 1. The monoisotopic (exact) mass is 216 g/mol. The lowest BCUT2D eigenvalue weighted by Gasteiger charge is -2.33. The second-order valence-corrected chi connectivity index (χ2v) is 3.49. The molecule has 86 valence electrons. The van der Waals surface area contributed by atoms with E-state index in [2.05, 4.69) is 5.32 Å². The lowest BCUT2D eigenvalue weighted by Crippen LogP contribution is -2.51. The molecule has 0 saturated carbocycles. The minimum absolute atomic E-state index is 0.0450. The highest BCUT2D eigenvalue weighted by molar-refractivity contribution is 5.75. The molecule has 0 spiro atoms. The summed E-state index contributed by atoms with van der Waals surface area (Å²) < 4.78 is 5.19. The highest BCUT2D eigenvalue weighted by Crippen LogP contribution is 2.05. The highest BCUT2D eigenvalue weighted by atomic mass is 16.5. The summed E-state index contributed by atoms with van der Waals surface area (Å²) in [5.74, 6) is -0.912. The molecule has 0 radical (unpaired) electrons. The topological polar surface area (TPSA) is 78.9 Å². The number of nitrogens with one attached hydrogen (secondary N) is 1. The van der Waals surface area contributed by atoms with Crippen molar-refractivity contribution in [3.05, 3.63) is 0 Å². The number of carbonyl (C=O) groups excluding carboxylic acids is 1. The predicted octanol–water partition coefficient (Wildman–Crippen LogP) is -0.109. The molecule has 1 saturated heterocycles. The molecule has 1 fully saturated rings. The first-order chi connectivity index (χ1) is 7.11. The summed E-state index contributed by atoms with van der Waals surface area (Å²) in [4.78, 5) is 23.5. The summed E-state index contributed by atoms with van der Waals surface area (Å²) in [6, 6.07) is -0.171. The molecule has 1 unspecified atom stereocenters. The molecule has 6 nitrogen and oxygen atoms in total. The van der Waals surface area contributed by atoms with E-state index in [1.165, 1.54) is 0 Å². The second kappa shape index (κ2) is 5.55. The third-order valence-electron chi connectivity index (χ3n) is 2.24. The van der Waals surface area contributed by atoms with Crippen LogP contribution >= 0.6 is 0 Å². The highest BCUT2D eigenvalue weighted by Gasteiger charge is 2.23. The van der Waals surface area contributed by atoms with Crippen molar-refractivity contribution in [3.8, 4) is 0 Å². The number of hydrogen-bond donors (Lipinski definition) is 2. The van der Waals surface area contributed by atoms with Gasteiger partial charge in [0.15, 0.2) is 0 Å². The Kier molecular flexibility index (Phi) is 4.36. The van der Waals surface area contributed by atoms with Gasteiger partial charge in [0.2, 0.25) is 0 Å². The largest absolute Gasteiger partial charge is 0.481 e. The smallest absolute Gasteiger partial charge is 0.317 e. The Morgan fingerprint density at radius 1 is 1.60 bits per heavy atom. The molecule has 0 aliphatic carbocycles. The number of carboxylic acid groups (broad SMARTS) is 1. The molecule has 0 aromatic carbocycles. The molecule has 6 heteroatoms. The Hall–Kier alpha value is -1.30. The zero-order valence-electron chi connectivity index (χ0n) is 8.73. The number of carbonyl (C=O) groups is 2. The van der Waals surface area contributed by atoms with Crippen molar-refractivity contribution in [2.24, 2.45) is 0 Å². The maximum atomic E-state index is 11.6. The fraction of sp³-hybridized carbons (Fsp3) is 0.778. The molecule has 15 heavy (non-hydrogen) atoms. The van der Waals surface area contributed by atoms with E-state index >= 15 is 0 Å². The van der Waals surface area contributed by atoms with Crippen molar-refractivity contribution in [3.63, 3.8) is 0 Å². The van der Waals surface area contributed by atoms with E-state index in [0.717, 1.165) is 0 Å². The number of nitrogens with zero attached hydrogens (tertiary/aromatic N) is 1. The molecule has 1 aliphatic heterocycles. The van der Waals surface area contributed by atoms with Crippen LogP contribution in [0.1, 0.15) is 13.3 Å². The van der Waals surface area contributed by atoms with Crippen molar-refractivity contribution in [1.82, 2.24) is 10.2 Å². The van der Waals surface area contributed by atoms with Crippen molar-refractivity contribution < 1.29 is 19.4 Å². The van der Waals surface area contributed by atoms with E-state index in [1.54, 1.807) is 4.90 Å². The van der Waals surface area contributed by atoms with Crippen LogP contribution in [0.3, 0.4) is 0 Å². The van der Waals surface area contributed by atoms with Gasteiger partial charge in [-0.3, -0.25) is 4.79 Å². The van der Waals surface area contributed by atoms with Gasteiger partial charge in [0, 0.05) is 13.1 Å². The van der Waals surface area contributed by atoms with Crippen molar-refractivity contribution in [2.45, 2.75) is 19.4 Å². The molecule has 2 amide bonds. The molecule has 0 bridgehead atoms. The normalized spacial score (nSPS) is 21.1. The Morgan fingerprint density at radius 3 is 2.93 bits per heavy atom. The van der Waals surface area contributed by atoms with Gasteiger partial charge in [-0.25, -0.2) is 4.79 Å². The van der Waals surface area contributed by atoms with Gasteiger partial charge in [-0.2, -0.15) is 0 Å². The van der Waals surface area contributed by atoms with E-state index in [0.29, 0.717) is 19.8 Å². The quantitative estimate of drug-likeness (QED) is 0.690. The number of aliphatic carboxylic acids is 1. The van der Waals surface area contributed by atoms with Gasteiger partial charge >= 0.3 is 12.0 Å². The van der Waals surface area contributed by atoms with E-state index in [9.17, 15) is 9.59 Å². The Labute approximate surface area is 88.2 Å². The van der Waals surface area contributed by atoms with Gasteiger partial charge in [-0.1, -0.05) is 0 Å². The Balaban J connectivity index is 2.29. The fourth-order valence-electron chi connectivity index (χ4n) is 1.41. The van der Waals surface area contributed by atoms with E-state index in [-0.39, 0.29) is 25.0 Å². The zero-order valence-corrected chi connectivity index (χ0v) is 8.73. The molecule has 2 N–H and O–H groups in total. The maximum Gasteiger partial charge on any atom is 0.317 e. The van der Waals surface area contributed by atoms with Crippen LogP contribution in [0.4, 0.5) is 4.79 Å². The number of morpholine rings is 1. The third-order valence-corrected chi connectivity index (χ3v) is 2.24. The second-order valence-electron chi connectivity index (χ2n) is 3.49. The SMILES string of the molecule is CC1COCCN1C(=O)NCCC(=O)O. The third kappa shape index (κ3) is 3.75. The summed E-state index contributed by atoms with van der Waals surface area (Å²) in [6.45, 7) is 3.69. The number of hydrogen-bond acceptors (Lipinski definition) is 3. The summed E-state index contributed by atoms with van der Waals surface area (Å²) in [6.07, 6.45) is -0.0511. The van der Waals surface area contributed by atoms with Crippen LogP contribution in [-0.2, 0) is 9.53 Å². The van der Waals surface area contributed by atoms with Crippen molar-refractivity contribution in [1.29, 1.82) is 0 Å². The van der Waals surface area contributed by atoms with Crippen LogP contribution in [0, 0.1) is 0 Å². The van der Waals surface area contributed by atoms with Gasteiger partial charge in [0.1, 0.15) is 0 Å². The molecule has 1 heterocycles. The van der Waals surface area contributed by atoms with Gasteiger partial charge in [0.25, 0.3) is 0 Å². The first-order valence-corrected chi connectivity index (χ1v) is 4.95. The van der Waals surface area contributed by atoms with E-state index in [4.69, 9.17) is 9.84 Å². The lowest BCUT2D eigenvalue weighted by atomic mass is 10.3. The van der Waals surface area contributed by atoms with Crippen molar-refractivity contribution >= 4 is 12.0 Å². The average Bonchev–Trinajstić information content (AvgIpc) is 2.17. The number of rotatable bonds is 3. The molecule has 0 aromatic heterocycles. The van der Waals surface area contributed by atoms with Crippen molar-refractivity contribution in [2.75, 3.05) is 26.3 Å². The Bertz CT molecular complexity index is 244. The average molecular weight is 216 g/mol. The summed E-state index contributed by atoms with van der Waals surface area (Å²) in [5.41, 5.74) is 0. The predicted molar refractivity (Wildman–Crippen MR) is 52.6 cm³/mol. The summed E-state index contributed by atoms with van der Waals surface area (Å²) >= 11 is 0.